The minimum absolute atomic E-state index is 0.0836. The minimum Gasteiger partial charge on any atom is -0.334 e. The average Bonchev–Trinajstić information content (AvgIpc) is 2.78. The SMILES string of the molecule is CCc1ccc(Nc2ncnc(NNC(=O)c3ccc(Cl)c([N+](=O)[O-])c3)c2[N+](=O)[O-])cc1. The molecule has 0 aliphatic carbocycles. The molecule has 32 heavy (non-hydrogen) atoms. The van der Waals surface area contributed by atoms with Crippen molar-refractivity contribution in [2.24, 2.45) is 0 Å². The van der Waals surface area contributed by atoms with Crippen LogP contribution in [0.3, 0.4) is 0 Å². The zero-order valence-corrected chi connectivity index (χ0v) is 17.3. The van der Waals surface area contributed by atoms with E-state index in [0.717, 1.165) is 24.4 Å². The molecule has 0 unspecified atom stereocenters. The molecule has 0 bridgehead atoms. The van der Waals surface area contributed by atoms with Gasteiger partial charge in [-0.2, -0.15) is 0 Å². The van der Waals surface area contributed by atoms with Crippen LogP contribution in [-0.4, -0.2) is 25.7 Å². The topological polar surface area (TPSA) is 165 Å². The van der Waals surface area contributed by atoms with Crippen molar-refractivity contribution < 1.29 is 14.6 Å². The fourth-order valence-corrected chi connectivity index (χ4v) is 2.86. The van der Waals surface area contributed by atoms with E-state index in [4.69, 9.17) is 11.6 Å². The van der Waals surface area contributed by atoms with Crippen LogP contribution in [0.2, 0.25) is 5.02 Å². The summed E-state index contributed by atoms with van der Waals surface area (Å²) in [6.07, 6.45) is 1.93. The van der Waals surface area contributed by atoms with Crippen molar-refractivity contribution in [1.82, 2.24) is 15.4 Å². The van der Waals surface area contributed by atoms with Crippen molar-refractivity contribution in [1.29, 1.82) is 0 Å². The van der Waals surface area contributed by atoms with Gasteiger partial charge in [-0.1, -0.05) is 30.7 Å². The van der Waals surface area contributed by atoms with Crippen LogP contribution in [0, 0.1) is 20.2 Å². The number of rotatable bonds is 8. The van der Waals surface area contributed by atoms with Gasteiger partial charge in [0.25, 0.3) is 11.6 Å². The molecule has 0 saturated carbocycles. The highest BCUT2D eigenvalue weighted by Crippen LogP contribution is 2.31. The molecule has 0 atom stereocenters. The van der Waals surface area contributed by atoms with E-state index in [1.54, 1.807) is 12.1 Å². The Balaban J connectivity index is 1.81. The summed E-state index contributed by atoms with van der Waals surface area (Å²) < 4.78 is 0. The van der Waals surface area contributed by atoms with E-state index in [1.807, 2.05) is 19.1 Å². The molecule has 3 N–H and O–H groups in total. The predicted molar refractivity (Wildman–Crippen MR) is 117 cm³/mol. The lowest BCUT2D eigenvalue weighted by atomic mass is 10.1. The van der Waals surface area contributed by atoms with Gasteiger partial charge in [0, 0.05) is 17.3 Å². The Bertz CT molecular complexity index is 1190. The van der Waals surface area contributed by atoms with Gasteiger partial charge in [0.2, 0.25) is 11.6 Å². The van der Waals surface area contributed by atoms with Gasteiger partial charge in [-0.3, -0.25) is 35.9 Å². The van der Waals surface area contributed by atoms with Crippen molar-refractivity contribution in [3.63, 3.8) is 0 Å². The van der Waals surface area contributed by atoms with Crippen LogP contribution in [0.1, 0.15) is 22.8 Å². The highest BCUT2D eigenvalue weighted by molar-refractivity contribution is 6.32. The van der Waals surface area contributed by atoms with Gasteiger partial charge < -0.3 is 5.32 Å². The number of nitrogens with one attached hydrogen (secondary N) is 3. The van der Waals surface area contributed by atoms with Gasteiger partial charge in [-0.15, -0.1) is 0 Å². The van der Waals surface area contributed by atoms with Crippen LogP contribution in [0.5, 0.6) is 0 Å². The van der Waals surface area contributed by atoms with Crippen LogP contribution in [0.15, 0.2) is 48.8 Å². The molecule has 1 amide bonds. The lowest BCUT2D eigenvalue weighted by molar-refractivity contribution is -0.384. The number of hydrazine groups is 1. The molecule has 164 valence electrons. The van der Waals surface area contributed by atoms with Crippen LogP contribution < -0.4 is 16.2 Å². The summed E-state index contributed by atoms with van der Waals surface area (Å²) >= 11 is 5.74. The summed E-state index contributed by atoms with van der Waals surface area (Å²) in [4.78, 5) is 41.3. The number of halogens is 1. The van der Waals surface area contributed by atoms with Gasteiger partial charge in [0.15, 0.2) is 0 Å². The number of hydrogen-bond donors (Lipinski definition) is 3. The van der Waals surface area contributed by atoms with Crippen LogP contribution >= 0.6 is 11.6 Å². The number of aryl methyl sites for hydroxylation is 1. The Hall–Kier alpha value is -4.32. The number of aromatic nitrogens is 2. The van der Waals surface area contributed by atoms with E-state index in [1.165, 1.54) is 12.1 Å². The number of nitrogens with zero attached hydrogens (tertiary/aromatic N) is 4. The molecule has 3 aromatic rings. The molecule has 12 nitrogen and oxygen atoms in total. The van der Waals surface area contributed by atoms with Crippen LogP contribution in [0.25, 0.3) is 0 Å². The zero-order chi connectivity index (χ0) is 23.3. The first-order chi connectivity index (χ1) is 15.3. The fraction of sp³-hybridized carbons (Fsp3) is 0.105. The molecule has 0 saturated heterocycles. The molecule has 1 aromatic heterocycles. The Morgan fingerprint density at radius 1 is 1.03 bits per heavy atom. The molecule has 0 aliphatic rings. The smallest absolute Gasteiger partial charge is 0.334 e. The van der Waals surface area contributed by atoms with Crippen molar-refractivity contribution in [3.8, 4) is 0 Å². The van der Waals surface area contributed by atoms with E-state index < -0.39 is 27.1 Å². The molecule has 0 spiro atoms. The van der Waals surface area contributed by atoms with E-state index in [-0.39, 0.29) is 22.2 Å². The van der Waals surface area contributed by atoms with E-state index in [2.05, 4.69) is 26.1 Å². The van der Waals surface area contributed by atoms with Crippen molar-refractivity contribution in [2.75, 3.05) is 10.7 Å². The van der Waals surface area contributed by atoms with Gasteiger partial charge >= 0.3 is 5.69 Å². The Morgan fingerprint density at radius 2 is 1.72 bits per heavy atom. The number of carbonyl (C=O) groups excluding carboxylic acids is 1. The van der Waals surface area contributed by atoms with Gasteiger partial charge in [-0.25, -0.2) is 9.97 Å². The fourth-order valence-electron chi connectivity index (χ4n) is 2.68. The molecule has 2 aromatic carbocycles. The van der Waals surface area contributed by atoms with E-state index in [0.29, 0.717) is 5.69 Å². The first-order valence-corrected chi connectivity index (χ1v) is 9.53. The second-order valence-electron chi connectivity index (χ2n) is 6.35. The number of nitro benzene ring substituents is 1. The molecule has 0 aliphatic heterocycles. The molecular formula is C19H16ClN7O5. The first-order valence-electron chi connectivity index (χ1n) is 9.15. The summed E-state index contributed by atoms with van der Waals surface area (Å²) in [7, 11) is 0. The summed E-state index contributed by atoms with van der Waals surface area (Å²) in [5.41, 5.74) is 5.22. The van der Waals surface area contributed by atoms with E-state index in [9.17, 15) is 25.0 Å². The lowest BCUT2D eigenvalue weighted by Gasteiger charge is -2.11. The summed E-state index contributed by atoms with van der Waals surface area (Å²) in [6, 6.07) is 10.7. The monoisotopic (exact) mass is 457 g/mol. The summed E-state index contributed by atoms with van der Waals surface area (Å²) in [5, 5.41) is 25.4. The Kier molecular flexibility index (Phi) is 6.75. The quantitative estimate of drug-likeness (QED) is 0.334. The largest absolute Gasteiger partial charge is 0.355 e. The molecule has 1 heterocycles. The second kappa shape index (κ2) is 9.66. The van der Waals surface area contributed by atoms with Gasteiger partial charge in [0.05, 0.1) is 9.85 Å². The maximum absolute atomic E-state index is 12.4. The number of carbonyl (C=O) groups is 1. The maximum atomic E-state index is 12.4. The highest BCUT2D eigenvalue weighted by atomic mass is 35.5. The van der Waals surface area contributed by atoms with Crippen LogP contribution in [-0.2, 0) is 6.42 Å². The molecular weight excluding hydrogens is 442 g/mol. The summed E-state index contributed by atoms with van der Waals surface area (Å²) in [5.74, 6) is -1.16. The number of benzene rings is 2. The van der Waals surface area contributed by atoms with E-state index >= 15 is 0 Å². The third-order valence-electron chi connectivity index (χ3n) is 4.33. The van der Waals surface area contributed by atoms with Gasteiger partial charge in [0.1, 0.15) is 11.3 Å². The zero-order valence-electron chi connectivity index (χ0n) is 16.5. The Morgan fingerprint density at radius 3 is 2.34 bits per heavy atom. The molecule has 0 fully saturated rings. The first kappa shape index (κ1) is 22.4. The molecule has 3 rings (SSSR count). The standard InChI is InChI=1S/C19H16ClN7O5/c1-2-11-3-6-13(7-4-11)23-17-16(27(31)32)18(22-10-21-17)24-25-19(28)12-5-8-14(20)15(9-12)26(29)30/h3-10H,2H2,1H3,(H,25,28)(H2,21,22,23,24). The molecule has 0 radical (unpaired) electrons. The highest BCUT2D eigenvalue weighted by Gasteiger charge is 2.24. The number of hydrogen-bond acceptors (Lipinski definition) is 9. The maximum Gasteiger partial charge on any atom is 0.355 e. The normalized spacial score (nSPS) is 10.3. The predicted octanol–water partition coefficient (Wildman–Crippen LogP) is 4.01. The Labute approximate surface area is 185 Å². The average molecular weight is 458 g/mol. The van der Waals surface area contributed by atoms with Crippen molar-refractivity contribution in [2.45, 2.75) is 13.3 Å². The third kappa shape index (κ3) is 5.05. The number of anilines is 3. The number of amides is 1. The molecule has 13 heteroatoms. The second-order valence-corrected chi connectivity index (χ2v) is 6.76. The lowest BCUT2D eigenvalue weighted by Crippen LogP contribution is -2.30. The number of nitro groups is 2. The third-order valence-corrected chi connectivity index (χ3v) is 4.65. The van der Waals surface area contributed by atoms with Crippen LogP contribution in [0.4, 0.5) is 28.7 Å². The van der Waals surface area contributed by atoms with Crippen molar-refractivity contribution in [3.05, 3.63) is 85.2 Å². The summed E-state index contributed by atoms with van der Waals surface area (Å²) in [6.45, 7) is 2.01. The minimum atomic E-state index is -0.789. The van der Waals surface area contributed by atoms with Crippen molar-refractivity contribution >= 4 is 46.2 Å². The van der Waals surface area contributed by atoms with Gasteiger partial charge in [-0.05, 0) is 36.2 Å².